The molecular weight excluding hydrogens is 218 g/mol. The van der Waals surface area contributed by atoms with E-state index < -0.39 is 0 Å². The van der Waals surface area contributed by atoms with Gasteiger partial charge in [-0.05, 0) is 23.9 Å². The quantitative estimate of drug-likeness (QED) is 0.826. The predicted octanol–water partition coefficient (Wildman–Crippen LogP) is 4.39. The van der Waals surface area contributed by atoms with Crippen molar-refractivity contribution in [3.63, 3.8) is 0 Å². The standard InChI is InChI=1S/C14H14ClN/c1-11(9-15)10-16-14-8-4-6-12-5-2-3-7-13(12)14/h2-9,16H,10H2,1H3/b11-9-. The number of hydrogen-bond donors (Lipinski definition) is 1. The van der Waals surface area contributed by atoms with E-state index in [1.807, 2.05) is 6.92 Å². The predicted molar refractivity (Wildman–Crippen MR) is 72.0 cm³/mol. The van der Waals surface area contributed by atoms with E-state index in [-0.39, 0.29) is 0 Å². The zero-order chi connectivity index (χ0) is 11.4. The lowest BCUT2D eigenvalue weighted by Crippen LogP contribution is -2.02. The minimum atomic E-state index is 0.775. The van der Waals surface area contributed by atoms with E-state index in [0.717, 1.165) is 17.8 Å². The Hall–Kier alpha value is -1.47. The molecule has 16 heavy (non-hydrogen) atoms. The number of nitrogens with one attached hydrogen (secondary N) is 1. The largest absolute Gasteiger partial charge is 0.381 e. The van der Waals surface area contributed by atoms with Gasteiger partial charge in [-0.15, -0.1) is 0 Å². The zero-order valence-electron chi connectivity index (χ0n) is 9.20. The summed E-state index contributed by atoms with van der Waals surface area (Å²) >= 11 is 5.63. The van der Waals surface area contributed by atoms with E-state index >= 15 is 0 Å². The molecule has 0 aliphatic carbocycles. The number of benzene rings is 2. The Bertz CT molecular complexity index is 512. The molecule has 0 amide bonds. The fourth-order valence-corrected chi connectivity index (χ4v) is 1.73. The van der Waals surface area contributed by atoms with E-state index in [4.69, 9.17) is 11.6 Å². The second-order valence-corrected chi connectivity index (χ2v) is 4.05. The lowest BCUT2D eigenvalue weighted by Gasteiger charge is -2.09. The SMILES string of the molecule is C/C(=C/Cl)CNc1cccc2ccccc12. The van der Waals surface area contributed by atoms with Crippen molar-refractivity contribution in [2.75, 3.05) is 11.9 Å². The Labute approximate surface area is 101 Å². The maximum atomic E-state index is 5.63. The first kappa shape index (κ1) is 11.0. The van der Waals surface area contributed by atoms with E-state index in [1.165, 1.54) is 10.8 Å². The van der Waals surface area contributed by atoms with Gasteiger partial charge in [-0.3, -0.25) is 0 Å². The van der Waals surface area contributed by atoms with Gasteiger partial charge in [-0.25, -0.2) is 0 Å². The fraction of sp³-hybridized carbons (Fsp3) is 0.143. The number of halogens is 1. The van der Waals surface area contributed by atoms with E-state index in [2.05, 4.69) is 47.8 Å². The topological polar surface area (TPSA) is 12.0 Å². The Morgan fingerprint density at radius 3 is 2.75 bits per heavy atom. The second kappa shape index (κ2) is 5.04. The lowest BCUT2D eigenvalue weighted by molar-refractivity contribution is 1.22. The smallest absolute Gasteiger partial charge is 0.0422 e. The van der Waals surface area contributed by atoms with Crippen molar-refractivity contribution in [3.8, 4) is 0 Å². The first-order valence-electron chi connectivity index (χ1n) is 5.29. The zero-order valence-corrected chi connectivity index (χ0v) is 9.96. The fourth-order valence-electron chi connectivity index (χ4n) is 1.65. The van der Waals surface area contributed by atoms with Gasteiger partial charge in [0.1, 0.15) is 0 Å². The molecule has 0 fully saturated rings. The van der Waals surface area contributed by atoms with Gasteiger partial charge in [0.25, 0.3) is 0 Å². The Morgan fingerprint density at radius 2 is 1.94 bits per heavy atom. The molecule has 0 unspecified atom stereocenters. The lowest BCUT2D eigenvalue weighted by atomic mass is 10.1. The third kappa shape index (κ3) is 2.37. The Kier molecular flexibility index (Phi) is 3.47. The molecule has 0 aliphatic heterocycles. The third-order valence-electron chi connectivity index (χ3n) is 2.53. The number of hydrogen-bond acceptors (Lipinski definition) is 1. The van der Waals surface area contributed by atoms with Gasteiger partial charge < -0.3 is 5.32 Å². The summed E-state index contributed by atoms with van der Waals surface area (Å²) in [6, 6.07) is 14.6. The average Bonchev–Trinajstić information content (AvgIpc) is 2.35. The van der Waals surface area contributed by atoms with Gasteiger partial charge >= 0.3 is 0 Å². The first-order valence-corrected chi connectivity index (χ1v) is 5.72. The van der Waals surface area contributed by atoms with Gasteiger partial charge in [-0.2, -0.15) is 0 Å². The van der Waals surface area contributed by atoms with Crippen molar-refractivity contribution in [2.24, 2.45) is 0 Å². The van der Waals surface area contributed by atoms with Crippen LogP contribution >= 0.6 is 11.6 Å². The molecule has 0 aromatic heterocycles. The molecule has 0 atom stereocenters. The molecule has 2 aromatic rings. The Morgan fingerprint density at radius 1 is 1.19 bits per heavy atom. The van der Waals surface area contributed by atoms with Crippen LogP contribution in [-0.2, 0) is 0 Å². The first-order chi connectivity index (χ1) is 7.81. The van der Waals surface area contributed by atoms with Crippen LogP contribution in [0.4, 0.5) is 5.69 Å². The van der Waals surface area contributed by atoms with Gasteiger partial charge in [0, 0.05) is 23.2 Å². The van der Waals surface area contributed by atoms with Crippen molar-refractivity contribution in [1.29, 1.82) is 0 Å². The summed E-state index contributed by atoms with van der Waals surface area (Å²) in [5.74, 6) is 0. The summed E-state index contributed by atoms with van der Waals surface area (Å²) in [6.07, 6.45) is 0. The van der Waals surface area contributed by atoms with Gasteiger partial charge in [0.2, 0.25) is 0 Å². The van der Waals surface area contributed by atoms with Crippen LogP contribution in [0.2, 0.25) is 0 Å². The number of rotatable bonds is 3. The normalized spacial score (nSPS) is 11.8. The van der Waals surface area contributed by atoms with E-state index in [1.54, 1.807) is 5.54 Å². The van der Waals surface area contributed by atoms with Crippen molar-refractivity contribution < 1.29 is 0 Å². The molecule has 0 bridgehead atoms. The second-order valence-electron chi connectivity index (χ2n) is 3.84. The van der Waals surface area contributed by atoms with Crippen LogP contribution in [-0.4, -0.2) is 6.54 Å². The van der Waals surface area contributed by atoms with Gasteiger partial charge in [0.05, 0.1) is 0 Å². The molecule has 0 saturated heterocycles. The van der Waals surface area contributed by atoms with Crippen molar-refractivity contribution in [2.45, 2.75) is 6.92 Å². The van der Waals surface area contributed by atoms with Gasteiger partial charge in [0.15, 0.2) is 0 Å². The average molecular weight is 232 g/mol. The molecule has 0 spiro atoms. The molecule has 2 heteroatoms. The van der Waals surface area contributed by atoms with E-state index in [0.29, 0.717) is 0 Å². The highest BCUT2D eigenvalue weighted by atomic mass is 35.5. The summed E-state index contributed by atoms with van der Waals surface area (Å²) < 4.78 is 0. The van der Waals surface area contributed by atoms with Crippen LogP contribution in [0.3, 0.4) is 0 Å². The summed E-state index contributed by atoms with van der Waals surface area (Å²) in [4.78, 5) is 0. The minimum Gasteiger partial charge on any atom is -0.381 e. The summed E-state index contributed by atoms with van der Waals surface area (Å²) in [7, 11) is 0. The maximum absolute atomic E-state index is 5.63. The third-order valence-corrected chi connectivity index (χ3v) is 2.91. The van der Waals surface area contributed by atoms with Crippen LogP contribution in [0.25, 0.3) is 10.8 Å². The Balaban J connectivity index is 2.30. The monoisotopic (exact) mass is 231 g/mol. The van der Waals surface area contributed by atoms with Crippen LogP contribution in [0.15, 0.2) is 53.6 Å². The van der Waals surface area contributed by atoms with Crippen molar-refractivity contribution in [1.82, 2.24) is 0 Å². The molecule has 1 N–H and O–H groups in total. The summed E-state index contributed by atoms with van der Waals surface area (Å²) in [5, 5.41) is 5.88. The van der Waals surface area contributed by atoms with Crippen LogP contribution < -0.4 is 5.32 Å². The van der Waals surface area contributed by atoms with Crippen LogP contribution in [0.5, 0.6) is 0 Å². The maximum Gasteiger partial charge on any atom is 0.0422 e. The van der Waals surface area contributed by atoms with Crippen molar-refractivity contribution >= 4 is 28.1 Å². The number of anilines is 1. The van der Waals surface area contributed by atoms with Crippen LogP contribution in [0, 0.1) is 0 Å². The summed E-state index contributed by atoms with van der Waals surface area (Å²) in [5.41, 5.74) is 3.88. The molecule has 1 nitrogen and oxygen atoms in total. The molecule has 0 radical (unpaired) electrons. The highest BCUT2D eigenvalue weighted by Crippen LogP contribution is 2.22. The summed E-state index contributed by atoms with van der Waals surface area (Å²) in [6.45, 7) is 2.78. The number of fused-ring (bicyclic) bond motifs is 1. The molecule has 0 saturated carbocycles. The molecular formula is C14H14ClN. The van der Waals surface area contributed by atoms with Gasteiger partial charge in [-0.1, -0.05) is 48.0 Å². The molecule has 82 valence electrons. The highest BCUT2D eigenvalue weighted by molar-refractivity contribution is 6.25. The highest BCUT2D eigenvalue weighted by Gasteiger charge is 1.98. The van der Waals surface area contributed by atoms with E-state index in [9.17, 15) is 0 Å². The van der Waals surface area contributed by atoms with Crippen LogP contribution in [0.1, 0.15) is 6.92 Å². The van der Waals surface area contributed by atoms with Crippen molar-refractivity contribution in [3.05, 3.63) is 53.6 Å². The minimum absolute atomic E-state index is 0.775. The molecule has 0 heterocycles. The molecule has 2 aromatic carbocycles. The molecule has 2 rings (SSSR count). The molecule has 0 aliphatic rings.